The third-order valence-electron chi connectivity index (χ3n) is 7.92. The van der Waals surface area contributed by atoms with Gasteiger partial charge in [-0.15, -0.1) is 0 Å². The quantitative estimate of drug-likeness (QED) is 0.170. The summed E-state index contributed by atoms with van der Waals surface area (Å²) in [5.41, 5.74) is 6.95. The minimum Gasteiger partial charge on any atom is -0.309 e. The van der Waals surface area contributed by atoms with Gasteiger partial charge in [0.2, 0.25) is 0 Å². The Bertz CT molecular complexity index is 1540. The summed E-state index contributed by atoms with van der Waals surface area (Å²) in [6.45, 7) is 8.10. The van der Waals surface area contributed by atoms with Crippen LogP contribution in [0.4, 0.5) is 11.6 Å². The summed E-state index contributed by atoms with van der Waals surface area (Å²) in [7, 11) is 0. The zero-order valence-corrected chi connectivity index (χ0v) is 24.8. The molecule has 212 valence electrons. The van der Waals surface area contributed by atoms with Gasteiger partial charge in [-0.3, -0.25) is 0 Å². The van der Waals surface area contributed by atoms with Crippen LogP contribution in [0.5, 0.6) is 0 Å². The van der Waals surface area contributed by atoms with E-state index in [0.29, 0.717) is 35.9 Å². The van der Waals surface area contributed by atoms with E-state index < -0.39 is 5.41 Å². The van der Waals surface area contributed by atoms with Gasteiger partial charge in [0.1, 0.15) is 5.41 Å². The highest BCUT2D eigenvalue weighted by molar-refractivity contribution is 5.95. The van der Waals surface area contributed by atoms with Crippen molar-refractivity contribution in [3.05, 3.63) is 119 Å². The number of hydrogen-bond acceptors (Lipinski definition) is 6. The van der Waals surface area contributed by atoms with E-state index >= 15 is 0 Å². The molecule has 0 unspecified atom stereocenters. The maximum absolute atomic E-state index is 8.19. The highest BCUT2D eigenvalue weighted by Gasteiger charge is 2.46. The van der Waals surface area contributed by atoms with Gasteiger partial charge in [0.25, 0.3) is 0 Å². The number of hydrogen-bond donors (Lipinski definition) is 2. The second kappa shape index (κ2) is 12.5. The van der Waals surface area contributed by atoms with Crippen molar-refractivity contribution in [2.24, 2.45) is 21.8 Å². The standard InChI is InChI=1S/C36H38N6/c1-24(2)30(37)19-21-39-34-17-9-15-32(41-34)36(33-16-10-18-35(42-33)40-22-20-31(38)25(3)4)28-13-7-5-11-26(28)23-27-12-6-8-14-29(27)36/h5-18,21-22,24-25,37-38H,19-20,23H2,1-4H3. The summed E-state index contributed by atoms with van der Waals surface area (Å²) in [5, 5.41) is 16.4. The zero-order chi connectivity index (χ0) is 29.7. The lowest BCUT2D eigenvalue weighted by molar-refractivity contribution is 0.657. The smallest absolute Gasteiger partial charge is 0.151 e. The molecule has 0 aliphatic heterocycles. The zero-order valence-electron chi connectivity index (χ0n) is 24.8. The molecule has 1 aliphatic rings. The van der Waals surface area contributed by atoms with Crippen LogP contribution in [0.2, 0.25) is 0 Å². The fourth-order valence-electron chi connectivity index (χ4n) is 5.47. The van der Waals surface area contributed by atoms with Gasteiger partial charge in [-0.05, 0) is 64.8 Å². The average Bonchev–Trinajstić information content (AvgIpc) is 3.00. The number of aromatic nitrogens is 2. The van der Waals surface area contributed by atoms with Crippen LogP contribution >= 0.6 is 0 Å². The third-order valence-corrected chi connectivity index (χ3v) is 7.92. The maximum atomic E-state index is 8.19. The van der Waals surface area contributed by atoms with Crippen LogP contribution in [0.25, 0.3) is 0 Å². The van der Waals surface area contributed by atoms with Crippen LogP contribution in [0.3, 0.4) is 0 Å². The second-order valence-electron chi connectivity index (χ2n) is 11.4. The molecular weight excluding hydrogens is 516 g/mol. The Labute approximate surface area is 248 Å². The van der Waals surface area contributed by atoms with E-state index in [9.17, 15) is 0 Å². The number of nitrogens with zero attached hydrogens (tertiary/aromatic N) is 4. The molecule has 4 aromatic rings. The molecule has 0 amide bonds. The van der Waals surface area contributed by atoms with E-state index in [0.717, 1.165) is 28.9 Å². The molecule has 2 aromatic carbocycles. The van der Waals surface area contributed by atoms with Crippen LogP contribution < -0.4 is 0 Å². The number of nitrogens with one attached hydrogen (secondary N) is 2. The van der Waals surface area contributed by atoms with Crippen molar-refractivity contribution in [1.29, 1.82) is 10.8 Å². The van der Waals surface area contributed by atoms with E-state index in [1.54, 1.807) is 12.4 Å². The molecule has 2 aromatic heterocycles. The van der Waals surface area contributed by atoms with Gasteiger partial charge < -0.3 is 10.8 Å². The monoisotopic (exact) mass is 554 g/mol. The van der Waals surface area contributed by atoms with E-state index in [1.807, 2.05) is 52.0 Å². The molecule has 2 N–H and O–H groups in total. The van der Waals surface area contributed by atoms with Gasteiger partial charge in [0.05, 0.1) is 11.4 Å². The molecule has 0 bridgehead atoms. The topological polar surface area (TPSA) is 98.2 Å². The lowest BCUT2D eigenvalue weighted by Crippen LogP contribution is -2.37. The number of fused-ring (bicyclic) bond motifs is 2. The predicted octanol–water partition coefficient (Wildman–Crippen LogP) is 8.30. The van der Waals surface area contributed by atoms with Crippen molar-refractivity contribution in [3.63, 3.8) is 0 Å². The predicted molar refractivity (Wildman–Crippen MR) is 174 cm³/mol. The minimum atomic E-state index is -0.780. The van der Waals surface area contributed by atoms with Crippen LogP contribution in [-0.4, -0.2) is 33.8 Å². The van der Waals surface area contributed by atoms with Crippen LogP contribution in [0.15, 0.2) is 94.9 Å². The Balaban J connectivity index is 1.69. The molecule has 0 saturated carbocycles. The molecule has 5 rings (SSSR count). The summed E-state index contributed by atoms with van der Waals surface area (Å²) in [4.78, 5) is 19.6. The Hall–Kier alpha value is -4.58. The molecule has 0 spiro atoms. The Morgan fingerprint density at radius 2 is 1.10 bits per heavy atom. The van der Waals surface area contributed by atoms with Crippen molar-refractivity contribution >= 4 is 35.5 Å². The normalized spacial score (nSPS) is 14.0. The average molecular weight is 555 g/mol. The maximum Gasteiger partial charge on any atom is 0.151 e. The lowest BCUT2D eigenvalue weighted by Gasteiger charge is -2.40. The number of aliphatic imine (C=N–C) groups is 2. The molecule has 2 heterocycles. The van der Waals surface area contributed by atoms with E-state index in [2.05, 4.69) is 70.6 Å². The van der Waals surface area contributed by atoms with Crippen molar-refractivity contribution in [1.82, 2.24) is 9.97 Å². The van der Waals surface area contributed by atoms with Crippen molar-refractivity contribution in [3.8, 4) is 0 Å². The number of pyridine rings is 2. The third kappa shape index (κ3) is 5.75. The van der Waals surface area contributed by atoms with Gasteiger partial charge in [0.15, 0.2) is 11.6 Å². The molecular formula is C36H38N6. The minimum absolute atomic E-state index is 0.186. The Morgan fingerprint density at radius 3 is 1.52 bits per heavy atom. The first-order valence-electron chi connectivity index (χ1n) is 14.6. The van der Waals surface area contributed by atoms with Gasteiger partial charge in [-0.1, -0.05) is 88.4 Å². The number of benzene rings is 2. The van der Waals surface area contributed by atoms with Crippen molar-refractivity contribution < 1.29 is 0 Å². The van der Waals surface area contributed by atoms with Crippen LogP contribution in [-0.2, 0) is 11.8 Å². The van der Waals surface area contributed by atoms with Crippen molar-refractivity contribution in [2.45, 2.75) is 52.4 Å². The molecule has 0 saturated heterocycles. The van der Waals surface area contributed by atoms with E-state index in [1.165, 1.54) is 11.1 Å². The molecule has 0 atom stereocenters. The molecule has 6 nitrogen and oxygen atoms in total. The fourth-order valence-corrected chi connectivity index (χ4v) is 5.47. The van der Waals surface area contributed by atoms with Crippen molar-refractivity contribution in [2.75, 3.05) is 0 Å². The first-order chi connectivity index (χ1) is 20.3. The SMILES string of the molecule is CC(C)C(=N)CC=Nc1cccc(C2(c3cccc(N=CCC(=N)C(C)C)n3)c3ccccc3Cc3ccccc32)n1. The van der Waals surface area contributed by atoms with E-state index in [-0.39, 0.29) is 11.8 Å². The van der Waals surface area contributed by atoms with Gasteiger partial charge in [-0.2, -0.15) is 0 Å². The van der Waals surface area contributed by atoms with Crippen LogP contribution in [0.1, 0.15) is 74.2 Å². The van der Waals surface area contributed by atoms with E-state index in [4.69, 9.17) is 20.8 Å². The van der Waals surface area contributed by atoms with Gasteiger partial charge >= 0.3 is 0 Å². The fraction of sp³-hybridized carbons (Fsp3) is 0.278. The Morgan fingerprint density at radius 1 is 0.667 bits per heavy atom. The molecule has 42 heavy (non-hydrogen) atoms. The molecule has 0 radical (unpaired) electrons. The highest BCUT2D eigenvalue weighted by atomic mass is 14.9. The summed E-state index contributed by atoms with van der Waals surface area (Å²) in [6, 6.07) is 29.1. The first kappa shape index (κ1) is 28.9. The molecule has 6 heteroatoms. The lowest BCUT2D eigenvalue weighted by atomic mass is 9.62. The van der Waals surface area contributed by atoms with Crippen LogP contribution in [0, 0.1) is 22.7 Å². The van der Waals surface area contributed by atoms with Gasteiger partial charge in [0, 0.05) is 36.7 Å². The summed E-state index contributed by atoms with van der Waals surface area (Å²) in [6.07, 6.45) is 5.39. The highest BCUT2D eigenvalue weighted by Crippen LogP contribution is 2.50. The summed E-state index contributed by atoms with van der Waals surface area (Å²) < 4.78 is 0. The Kier molecular flexibility index (Phi) is 8.62. The summed E-state index contributed by atoms with van der Waals surface area (Å²) in [5.74, 6) is 1.58. The molecule has 0 fully saturated rings. The second-order valence-corrected chi connectivity index (χ2v) is 11.4. The summed E-state index contributed by atoms with van der Waals surface area (Å²) >= 11 is 0. The van der Waals surface area contributed by atoms with Gasteiger partial charge in [-0.25, -0.2) is 20.0 Å². The first-order valence-corrected chi connectivity index (χ1v) is 14.6. The number of rotatable bonds is 10. The largest absolute Gasteiger partial charge is 0.309 e. The molecule has 1 aliphatic carbocycles.